The molecule has 1 heterocycles. The molecule has 0 saturated heterocycles. The van der Waals surface area contributed by atoms with Crippen LogP contribution in [0.1, 0.15) is 31.8 Å². The summed E-state index contributed by atoms with van der Waals surface area (Å²) in [5.41, 5.74) is 6.74. The van der Waals surface area contributed by atoms with Crippen LogP contribution in [0.3, 0.4) is 0 Å². The van der Waals surface area contributed by atoms with E-state index in [1.807, 2.05) is 19.9 Å². The number of hydrogen-bond donors (Lipinski definition) is 1. The number of nitrogens with two attached hydrogens (primary N) is 1. The van der Waals surface area contributed by atoms with Gasteiger partial charge in [0.2, 0.25) is 0 Å². The van der Waals surface area contributed by atoms with Crippen molar-refractivity contribution in [1.82, 2.24) is 0 Å². The highest BCUT2D eigenvalue weighted by Crippen LogP contribution is 2.22. The number of amides is 1. The van der Waals surface area contributed by atoms with Gasteiger partial charge in [-0.25, -0.2) is 9.59 Å². The Morgan fingerprint density at radius 2 is 1.76 bits per heavy atom. The van der Waals surface area contributed by atoms with Crippen molar-refractivity contribution in [3.63, 3.8) is 0 Å². The average Bonchev–Trinajstić information content (AvgIpc) is 2.56. The Bertz CT molecular complexity index is 1070. The molecule has 25 heavy (non-hydrogen) atoms. The van der Waals surface area contributed by atoms with Gasteiger partial charge < -0.3 is 14.9 Å². The first-order chi connectivity index (χ1) is 11.8. The quantitative estimate of drug-likeness (QED) is 0.450. The molecule has 2 N–H and O–H groups in total. The fraction of sp³-hybridized carbons (Fsp3) is 0.105. The Morgan fingerprint density at radius 1 is 1.00 bits per heavy atom. The van der Waals surface area contributed by atoms with Gasteiger partial charge in [-0.3, -0.25) is 4.79 Å². The van der Waals surface area contributed by atoms with Crippen molar-refractivity contribution in [2.45, 2.75) is 13.8 Å². The van der Waals surface area contributed by atoms with Crippen LogP contribution >= 0.6 is 0 Å². The van der Waals surface area contributed by atoms with Crippen molar-refractivity contribution in [2.75, 3.05) is 0 Å². The van der Waals surface area contributed by atoms with Crippen LogP contribution < -0.4 is 16.1 Å². The fourth-order valence-electron chi connectivity index (χ4n) is 2.36. The number of benzene rings is 2. The Balaban J connectivity index is 1.92. The number of fused-ring (bicyclic) bond motifs is 1. The van der Waals surface area contributed by atoms with E-state index in [1.54, 1.807) is 24.3 Å². The number of esters is 1. The normalized spacial score (nSPS) is 10.6. The molecule has 0 aliphatic carbocycles. The molecule has 3 aromatic rings. The molecule has 1 aromatic heterocycles. The second-order valence-electron chi connectivity index (χ2n) is 5.70. The number of rotatable bonds is 3. The molecule has 0 aliphatic rings. The molecule has 1 amide bonds. The van der Waals surface area contributed by atoms with E-state index in [4.69, 9.17) is 14.9 Å². The van der Waals surface area contributed by atoms with Crippen LogP contribution in [0.2, 0.25) is 0 Å². The minimum Gasteiger partial charge on any atom is -0.423 e. The molecule has 126 valence electrons. The highest BCUT2D eigenvalue weighted by atomic mass is 16.5. The third-order valence-electron chi connectivity index (χ3n) is 3.93. The zero-order valence-electron chi connectivity index (χ0n) is 13.7. The molecule has 3 rings (SSSR count). The molecule has 6 nitrogen and oxygen atoms in total. The first kappa shape index (κ1) is 16.4. The monoisotopic (exact) mass is 337 g/mol. The van der Waals surface area contributed by atoms with Crippen molar-refractivity contribution in [3.05, 3.63) is 75.1 Å². The number of aryl methyl sites for hydroxylation is 2. The highest BCUT2D eigenvalue weighted by Gasteiger charge is 2.13. The van der Waals surface area contributed by atoms with E-state index in [2.05, 4.69) is 0 Å². The third-order valence-corrected chi connectivity index (χ3v) is 3.93. The summed E-state index contributed by atoms with van der Waals surface area (Å²) >= 11 is 0. The Kier molecular flexibility index (Phi) is 4.10. The lowest BCUT2D eigenvalue weighted by atomic mass is 10.1. The van der Waals surface area contributed by atoms with Crippen molar-refractivity contribution in [1.29, 1.82) is 0 Å². The molecule has 0 fully saturated rings. The summed E-state index contributed by atoms with van der Waals surface area (Å²) in [7, 11) is 0. The van der Waals surface area contributed by atoms with E-state index in [0.29, 0.717) is 10.9 Å². The van der Waals surface area contributed by atoms with E-state index >= 15 is 0 Å². The van der Waals surface area contributed by atoms with Gasteiger partial charge in [0.25, 0.3) is 5.91 Å². The van der Waals surface area contributed by atoms with Gasteiger partial charge in [0, 0.05) is 11.5 Å². The highest BCUT2D eigenvalue weighted by molar-refractivity contribution is 5.96. The van der Waals surface area contributed by atoms with Crippen LogP contribution in [0.25, 0.3) is 11.0 Å². The molecule has 0 spiro atoms. The summed E-state index contributed by atoms with van der Waals surface area (Å²) in [6.07, 6.45) is 0. The van der Waals surface area contributed by atoms with Gasteiger partial charge in [-0.2, -0.15) is 0 Å². The summed E-state index contributed by atoms with van der Waals surface area (Å²) in [4.78, 5) is 35.2. The van der Waals surface area contributed by atoms with E-state index in [-0.39, 0.29) is 16.9 Å². The molecule has 6 heteroatoms. The van der Waals surface area contributed by atoms with Crippen LogP contribution in [0.15, 0.2) is 51.7 Å². The maximum absolute atomic E-state index is 12.2. The molecule has 0 atom stereocenters. The molecule has 2 aromatic carbocycles. The maximum atomic E-state index is 12.2. The number of carbonyl (C=O) groups excluding carboxylic acids is 2. The van der Waals surface area contributed by atoms with E-state index in [9.17, 15) is 14.4 Å². The van der Waals surface area contributed by atoms with Gasteiger partial charge in [-0.15, -0.1) is 0 Å². The Morgan fingerprint density at radius 3 is 2.44 bits per heavy atom. The SMILES string of the molecule is Cc1ccc(C(=O)Oc2ccc3cc(C(N)=O)c(=O)oc3c2)cc1C. The number of hydrogen-bond acceptors (Lipinski definition) is 5. The van der Waals surface area contributed by atoms with Gasteiger partial charge in [0.15, 0.2) is 0 Å². The van der Waals surface area contributed by atoms with Crippen molar-refractivity contribution in [3.8, 4) is 5.75 Å². The number of primary amides is 1. The van der Waals surface area contributed by atoms with Crippen molar-refractivity contribution < 1.29 is 18.7 Å². The molecule has 0 radical (unpaired) electrons. The predicted octanol–water partition coefficient (Wildman–Crippen LogP) is 2.73. The molecule has 0 aliphatic heterocycles. The van der Waals surface area contributed by atoms with Crippen LogP contribution in [0.5, 0.6) is 5.75 Å². The number of carbonyl (C=O) groups is 2. The topological polar surface area (TPSA) is 99.6 Å². The third kappa shape index (κ3) is 3.28. The van der Waals surface area contributed by atoms with Gasteiger partial charge in [-0.05, 0) is 55.3 Å². The second-order valence-corrected chi connectivity index (χ2v) is 5.70. The zero-order valence-corrected chi connectivity index (χ0v) is 13.7. The summed E-state index contributed by atoms with van der Waals surface area (Å²) in [5, 5.41) is 0.499. The van der Waals surface area contributed by atoms with Crippen molar-refractivity contribution >= 4 is 22.8 Å². The maximum Gasteiger partial charge on any atom is 0.349 e. The minimum atomic E-state index is -0.860. The summed E-state index contributed by atoms with van der Waals surface area (Å²) in [5.74, 6) is -1.15. The van der Waals surface area contributed by atoms with Crippen molar-refractivity contribution in [2.24, 2.45) is 5.73 Å². The lowest BCUT2D eigenvalue weighted by Crippen LogP contribution is -2.20. The zero-order chi connectivity index (χ0) is 18.1. The summed E-state index contributed by atoms with van der Waals surface area (Å²) in [6.45, 7) is 3.86. The van der Waals surface area contributed by atoms with E-state index in [1.165, 1.54) is 12.1 Å². The second kappa shape index (κ2) is 6.24. The molecular weight excluding hydrogens is 322 g/mol. The van der Waals surface area contributed by atoms with Gasteiger partial charge in [-0.1, -0.05) is 6.07 Å². The Labute approximate surface area is 142 Å². The van der Waals surface area contributed by atoms with Crippen LogP contribution in [-0.2, 0) is 0 Å². The summed E-state index contributed by atoms with van der Waals surface area (Å²) < 4.78 is 10.4. The predicted molar refractivity (Wildman–Crippen MR) is 91.9 cm³/mol. The molecule has 0 bridgehead atoms. The smallest absolute Gasteiger partial charge is 0.349 e. The minimum absolute atomic E-state index is 0.195. The van der Waals surface area contributed by atoms with Gasteiger partial charge in [0.05, 0.1) is 5.56 Å². The molecule has 0 saturated carbocycles. The lowest BCUT2D eigenvalue weighted by molar-refractivity contribution is 0.0734. The number of ether oxygens (including phenoxy) is 1. The standard InChI is InChI=1S/C19H15NO5/c1-10-3-4-13(7-11(10)2)18(22)24-14-6-5-12-8-15(17(20)21)19(23)25-16(12)9-14/h3-9H,1-2H3,(H2,20,21). The summed E-state index contributed by atoms with van der Waals surface area (Å²) in [6, 6.07) is 11.2. The van der Waals surface area contributed by atoms with Crippen LogP contribution in [-0.4, -0.2) is 11.9 Å². The average molecular weight is 337 g/mol. The van der Waals surface area contributed by atoms with E-state index in [0.717, 1.165) is 11.1 Å². The van der Waals surface area contributed by atoms with Gasteiger partial charge in [0.1, 0.15) is 16.9 Å². The Hall–Kier alpha value is -3.41. The fourth-order valence-corrected chi connectivity index (χ4v) is 2.36. The van der Waals surface area contributed by atoms with Gasteiger partial charge >= 0.3 is 11.6 Å². The largest absolute Gasteiger partial charge is 0.423 e. The van der Waals surface area contributed by atoms with Crippen LogP contribution in [0, 0.1) is 13.8 Å². The van der Waals surface area contributed by atoms with Crippen LogP contribution in [0.4, 0.5) is 0 Å². The first-order valence-electron chi connectivity index (χ1n) is 7.52. The van der Waals surface area contributed by atoms with E-state index < -0.39 is 17.5 Å². The first-order valence-corrected chi connectivity index (χ1v) is 7.52. The lowest BCUT2D eigenvalue weighted by Gasteiger charge is -2.07. The molecule has 0 unspecified atom stereocenters. The molecular formula is C19H15NO5.